The van der Waals surface area contributed by atoms with Gasteiger partial charge in [0.2, 0.25) is 0 Å². The Hall–Kier alpha value is -2.09. The number of nitrogens with zero attached hydrogens (tertiary/aromatic N) is 3. The predicted molar refractivity (Wildman–Crippen MR) is 114 cm³/mol. The van der Waals surface area contributed by atoms with Crippen molar-refractivity contribution in [3.63, 3.8) is 0 Å². The minimum atomic E-state index is -4.03. The lowest BCUT2D eigenvalue weighted by molar-refractivity contribution is 0.129. The zero-order valence-electron chi connectivity index (χ0n) is 16.7. The van der Waals surface area contributed by atoms with E-state index in [0.29, 0.717) is 23.7 Å². The standard InChI is InChI=1S/C21H26ClN3O3S/c1-3-23-12-14-24(15-13-23)21(26)25(16-18-6-4-5-7-20(18)22)29(27,28)19-10-8-17(2)9-11-19/h4-11H,3,12-16H2,1-2H3. The van der Waals surface area contributed by atoms with E-state index >= 15 is 0 Å². The number of benzene rings is 2. The second kappa shape index (κ2) is 9.15. The molecule has 1 saturated heterocycles. The zero-order chi connectivity index (χ0) is 21.0. The summed E-state index contributed by atoms with van der Waals surface area (Å²) in [7, 11) is -4.03. The minimum Gasteiger partial charge on any atom is -0.321 e. The van der Waals surface area contributed by atoms with Crippen LogP contribution >= 0.6 is 11.6 Å². The molecule has 0 bridgehead atoms. The minimum absolute atomic E-state index is 0.0932. The van der Waals surface area contributed by atoms with Gasteiger partial charge in [-0.25, -0.2) is 17.5 Å². The molecule has 29 heavy (non-hydrogen) atoms. The summed E-state index contributed by atoms with van der Waals surface area (Å²) in [5.41, 5.74) is 1.54. The summed E-state index contributed by atoms with van der Waals surface area (Å²) in [6.07, 6.45) is 0. The van der Waals surface area contributed by atoms with E-state index in [-0.39, 0.29) is 11.4 Å². The highest BCUT2D eigenvalue weighted by molar-refractivity contribution is 7.89. The number of sulfonamides is 1. The molecule has 0 aromatic heterocycles. The third kappa shape index (κ3) is 4.91. The van der Waals surface area contributed by atoms with Gasteiger partial charge in [0.05, 0.1) is 11.4 Å². The van der Waals surface area contributed by atoms with E-state index in [0.717, 1.165) is 29.5 Å². The number of hydrogen-bond acceptors (Lipinski definition) is 4. The molecule has 0 aliphatic carbocycles. The highest BCUT2D eigenvalue weighted by Gasteiger charge is 2.34. The topological polar surface area (TPSA) is 60.9 Å². The van der Waals surface area contributed by atoms with Crippen LogP contribution in [0.15, 0.2) is 53.4 Å². The molecule has 8 heteroatoms. The van der Waals surface area contributed by atoms with Gasteiger partial charge in [-0.3, -0.25) is 0 Å². The molecule has 2 aromatic carbocycles. The fourth-order valence-corrected chi connectivity index (χ4v) is 4.85. The normalized spacial score (nSPS) is 15.3. The van der Waals surface area contributed by atoms with Crippen LogP contribution in [0.4, 0.5) is 4.79 Å². The number of rotatable bonds is 5. The van der Waals surface area contributed by atoms with Crippen LogP contribution in [0.5, 0.6) is 0 Å². The second-order valence-corrected chi connectivity index (χ2v) is 9.39. The molecule has 1 aliphatic heterocycles. The summed E-state index contributed by atoms with van der Waals surface area (Å²) in [5.74, 6) is 0. The summed E-state index contributed by atoms with van der Waals surface area (Å²) in [5, 5.41) is 0.431. The maximum atomic E-state index is 13.4. The summed E-state index contributed by atoms with van der Waals surface area (Å²) < 4.78 is 27.7. The molecule has 0 N–H and O–H groups in total. The van der Waals surface area contributed by atoms with Gasteiger partial charge in [-0.1, -0.05) is 54.4 Å². The summed E-state index contributed by atoms with van der Waals surface area (Å²) in [6.45, 7) is 7.21. The summed E-state index contributed by atoms with van der Waals surface area (Å²) >= 11 is 6.26. The SMILES string of the molecule is CCN1CCN(C(=O)N(Cc2ccccc2Cl)S(=O)(=O)c2ccc(C)cc2)CC1. The van der Waals surface area contributed by atoms with Crippen molar-refractivity contribution >= 4 is 27.7 Å². The number of likely N-dealkylation sites (N-methyl/N-ethyl adjacent to an activating group) is 1. The third-order valence-corrected chi connectivity index (χ3v) is 7.29. The number of carbonyl (C=O) groups is 1. The van der Waals surface area contributed by atoms with Crippen molar-refractivity contribution in [2.24, 2.45) is 0 Å². The van der Waals surface area contributed by atoms with Crippen molar-refractivity contribution in [2.75, 3.05) is 32.7 Å². The van der Waals surface area contributed by atoms with Crippen LogP contribution in [0.3, 0.4) is 0 Å². The van der Waals surface area contributed by atoms with E-state index in [2.05, 4.69) is 11.8 Å². The van der Waals surface area contributed by atoms with Gasteiger partial charge in [0, 0.05) is 31.2 Å². The lowest BCUT2D eigenvalue weighted by Gasteiger charge is -2.36. The number of urea groups is 1. The quantitative estimate of drug-likeness (QED) is 0.720. The average Bonchev–Trinajstić information content (AvgIpc) is 2.73. The van der Waals surface area contributed by atoms with Crippen molar-refractivity contribution in [3.05, 3.63) is 64.7 Å². The van der Waals surface area contributed by atoms with E-state index < -0.39 is 16.1 Å². The Morgan fingerprint density at radius 2 is 1.66 bits per heavy atom. The molecule has 0 atom stereocenters. The molecule has 1 heterocycles. The molecule has 2 amide bonds. The van der Waals surface area contributed by atoms with Crippen LogP contribution in [0.1, 0.15) is 18.1 Å². The Bertz CT molecular complexity index is 955. The fourth-order valence-electron chi connectivity index (χ4n) is 3.29. The maximum absolute atomic E-state index is 13.4. The second-order valence-electron chi connectivity index (χ2n) is 7.12. The highest BCUT2D eigenvalue weighted by Crippen LogP contribution is 2.24. The molecule has 1 aliphatic rings. The number of piperazine rings is 1. The van der Waals surface area contributed by atoms with E-state index in [1.54, 1.807) is 41.3 Å². The largest absolute Gasteiger partial charge is 0.334 e. The van der Waals surface area contributed by atoms with Crippen LogP contribution in [0.2, 0.25) is 5.02 Å². The molecule has 0 unspecified atom stereocenters. The van der Waals surface area contributed by atoms with Gasteiger partial charge in [0.1, 0.15) is 0 Å². The Balaban J connectivity index is 1.94. The van der Waals surface area contributed by atoms with Gasteiger partial charge in [-0.15, -0.1) is 0 Å². The van der Waals surface area contributed by atoms with Gasteiger partial charge < -0.3 is 9.80 Å². The van der Waals surface area contributed by atoms with Crippen molar-refractivity contribution in [3.8, 4) is 0 Å². The Morgan fingerprint density at radius 3 is 2.24 bits per heavy atom. The van der Waals surface area contributed by atoms with E-state index in [1.807, 2.05) is 6.92 Å². The molecule has 2 aromatic rings. The Labute approximate surface area is 177 Å². The number of amides is 2. The predicted octanol–water partition coefficient (Wildman–Crippen LogP) is 3.60. The first-order valence-corrected chi connectivity index (χ1v) is 11.5. The first-order chi connectivity index (χ1) is 13.8. The van der Waals surface area contributed by atoms with E-state index in [4.69, 9.17) is 11.6 Å². The van der Waals surface area contributed by atoms with Gasteiger partial charge in [-0.05, 0) is 37.2 Å². The Morgan fingerprint density at radius 1 is 1.03 bits per heavy atom. The van der Waals surface area contributed by atoms with Crippen molar-refractivity contribution in [1.29, 1.82) is 0 Å². The number of aryl methyl sites for hydroxylation is 1. The Kier molecular flexibility index (Phi) is 6.82. The first-order valence-electron chi connectivity index (χ1n) is 9.67. The van der Waals surface area contributed by atoms with E-state index in [9.17, 15) is 13.2 Å². The highest BCUT2D eigenvalue weighted by atomic mass is 35.5. The molecule has 0 radical (unpaired) electrons. The monoisotopic (exact) mass is 435 g/mol. The molecule has 1 fully saturated rings. The molecule has 0 spiro atoms. The van der Waals surface area contributed by atoms with Crippen LogP contribution < -0.4 is 0 Å². The molecular formula is C21H26ClN3O3S. The lowest BCUT2D eigenvalue weighted by Crippen LogP contribution is -2.53. The van der Waals surface area contributed by atoms with Gasteiger partial charge in [0.15, 0.2) is 0 Å². The smallest absolute Gasteiger partial charge is 0.321 e. The van der Waals surface area contributed by atoms with Crippen molar-refractivity contribution < 1.29 is 13.2 Å². The first kappa shape index (κ1) is 21.6. The fraction of sp³-hybridized carbons (Fsp3) is 0.381. The molecule has 3 rings (SSSR count). The van der Waals surface area contributed by atoms with Gasteiger partial charge in [-0.2, -0.15) is 0 Å². The number of halogens is 1. The van der Waals surface area contributed by atoms with Crippen molar-refractivity contribution in [2.45, 2.75) is 25.3 Å². The molecular weight excluding hydrogens is 410 g/mol. The van der Waals surface area contributed by atoms with Crippen LogP contribution in [0, 0.1) is 6.92 Å². The summed E-state index contributed by atoms with van der Waals surface area (Å²) in [6, 6.07) is 13.0. The lowest BCUT2D eigenvalue weighted by atomic mass is 10.2. The third-order valence-electron chi connectivity index (χ3n) is 5.18. The van der Waals surface area contributed by atoms with Gasteiger partial charge >= 0.3 is 6.03 Å². The molecule has 156 valence electrons. The van der Waals surface area contributed by atoms with Gasteiger partial charge in [0.25, 0.3) is 10.0 Å². The maximum Gasteiger partial charge on any atom is 0.334 e. The van der Waals surface area contributed by atoms with E-state index in [1.165, 1.54) is 12.1 Å². The van der Waals surface area contributed by atoms with Crippen LogP contribution in [-0.4, -0.2) is 61.3 Å². The van der Waals surface area contributed by atoms with Crippen molar-refractivity contribution in [1.82, 2.24) is 14.1 Å². The number of carbonyl (C=O) groups excluding carboxylic acids is 1. The summed E-state index contributed by atoms with van der Waals surface area (Å²) in [4.78, 5) is 17.2. The van der Waals surface area contributed by atoms with Crippen LogP contribution in [0.25, 0.3) is 0 Å². The molecule has 0 saturated carbocycles. The van der Waals surface area contributed by atoms with Crippen LogP contribution in [-0.2, 0) is 16.6 Å². The zero-order valence-corrected chi connectivity index (χ0v) is 18.3. The number of hydrogen-bond donors (Lipinski definition) is 0. The average molecular weight is 436 g/mol. The molecule has 6 nitrogen and oxygen atoms in total.